The molecule has 0 fully saturated rings. The van der Waals surface area contributed by atoms with Crippen LogP contribution in [0.3, 0.4) is 0 Å². The van der Waals surface area contributed by atoms with Crippen LogP contribution in [0.15, 0.2) is 16.9 Å². The van der Waals surface area contributed by atoms with Crippen molar-refractivity contribution < 1.29 is 0 Å². The lowest BCUT2D eigenvalue weighted by Crippen LogP contribution is -2.27. The van der Waals surface area contributed by atoms with E-state index in [1.54, 1.807) is 16.8 Å². The van der Waals surface area contributed by atoms with Gasteiger partial charge < -0.3 is 5.32 Å². The van der Waals surface area contributed by atoms with Crippen LogP contribution in [-0.4, -0.2) is 16.3 Å². The van der Waals surface area contributed by atoms with Crippen LogP contribution in [0.25, 0.3) is 0 Å². The van der Waals surface area contributed by atoms with Crippen LogP contribution >= 0.6 is 0 Å². The smallest absolute Gasteiger partial charge is 0.266 e. The maximum Gasteiger partial charge on any atom is 0.266 e. The van der Waals surface area contributed by atoms with E-state index in [1.807, 2.05) is 0 Å². The maximum absolute atomic E-state index is 11.6. The number of hydrogen-bond donors (Lipinski definition) is 1. The summed E-state index contributed by atoms with van der Waals surface area (Å²) in [4.78, 5) is 11.6. The second kappa shape index (κ2) is 6.55. The van der Waals surface area contributed by atoms with Gasteiger partial charge in [-0.3, -0.25) is 4.79 Å². The van der Waals surface area contributed by atoms with Gasteiger partial charge in [-0.1, -0.05) is 27.7 Å². The van der Waals surface area contributed by atoms with E-state index in [4.69, 9.17) is 0 Å². The van der Waals surface area contributed by atoms with Crippen molar-refractivity contribution in [3.8, 4) is 0 Å². The molecule has 0 amide bonds. The summed E-state index contributed by atoms with van der Waals surface area (Å²) in [6.07, 6.45) is 0. The Kier molecular flexibility index (Phi) is 5.35. The molecule has 0 aliphatic carbocycles. The first kappa shape index (κ1) is 13.9. The Balaban J connectivity index is 2.65. The Bertz CT molecular complexity index is 396. The minimum absolute atomic E-state index is 0.0219. The predicted octanol–water partition coefficient (Wildman–Crippen LogP) is 1.64. The van der Waals surface area contributed by atoms with Gasteiger partial charge in [0.1, 0.15) is 0 Å². The first-order valence-electron chi connectivity index (χ1n) is 6.26. The molecule has 0 aromatic carbocycles. The number of nitrogens with zero attached hydrogens (tertiary/aromatic N) is 2. The van der Waals surface area contributed by atoms with Gasteiger partial charge in [-0.15, -0.1) is 0 Å². The highest BCUT2D eigenvalue weighted by atomic mass is 16.1. The lowest BCUT2D eigenvalue weighted by molar-refractivity contribution is 0.452. The summed E-state index contributed by atoms with van der Waals surface area (Å²) in [6, 6.07) is 3.40. The molecule has 1 heterocycles. The van der Waals surface area contributed by atoms with Crippen LogP contribution in [-0.2, 0) is 13.1 Å². The zero-order valence-electron chi connectivity index (χ0n) is 11.2. The molecule has 0 saturated heterocycles. The summed E-state index contributed by atoms with van der Waals surface area (Å²) in [7, 11) is 0. The molecule has 1 N–H and O–H groups in total. The molecule has 0 aliphatic heterocycles. The van der Waals surface area contributed by atoms with E-state index in [-0.39, 0.29) is 5.56 Å². The van der Waals surface area contributed by atoms with Crippen LogP contribution in [0, 0.1) is 11.8 Å². The molecule has 17 heavy (non-hydrogen) atoms. The third kappa shape index (κ3) is 5.13. The summed E-state index contributed by atoms with van der Waals surface area (Å²) in [5, 5.41) is 7.67. The van der Waals surface area contributed by atoms with Crippen molar-refractivity contribution in [3.05, 3.63) is 28.2 Å². The van der Waals surface area contributed by atoms with E-state index in [0.717, 1.165) is 18.8 Å². The van der Waals surface area contributed by atoms with Gasteiger partial charge in [0.15, 0.2) is 0 Å². The van der Waals surface area contributed by atoms with Crippen molar-refractivity contribution in [3.63, 3.8) is 0 Å². The molecule has 0 bridgehead atoms. The molecule has 0 aliphatic rings. The lowest BCUT2D eigenvalue weighted by atomic mass is 10.2. The van der Waals surface area contributed by atoms with Crippen LogP contribution < -0.4 is 10.9 Å². The molecule has 1 aromatic rings. The third-order valence-electron chi connectivity index (χ3n) is 2.32. The van der Waals surface area contributed by atoms with E-state index < -0.39 is 0 Å². The van der Waals surface area contributed by atoms with Gasteiger partial charge in [0.2, 0.25) is 0 Å². The molecule has 0 saturated carbocycles. The predicted molar refractivity (Wildman–Crippen MR) is 69.9 cm³/mol. The first-order chi connectivity index (χ1) is 7.99. The van der Waals surface area contributed by atoms with Crippen molar-refractivity contribution in [1.82, 2.24) is 15.1 Å². The SMILES string of the molecule is CC(C)CNCc1ccc(=O)n(CC(C)C)n1. The fourth-order valence-electron chi connectivity index (χ4n) is 1.55. The molecular weight excluding hydrogens is 214 g/mol. The molecule has 1 rings (SSSR count). The van der Waals surface area contributed by atoms with Gasteiger partial charge in [-0.25, -0.2) is 4.68 Å². The molecule has 0 atom stereocenters. The quantitative estimate of drug-likeness (QED) is 0.818. The summed E-state index contributed by atoms with van der Waals surface area (Å²) >= 11 is 0. The standard InChI is InChI=1S/C13H23N3O/c1-10(2)7-14-8-12-5-6-13(17)16(15-12)9-11(3)4/h5-6,10-11,14H,7-9H2,1-4H3. The van der Waals surface area contributed by atoms with E-state index in [9.17, 15) is 4.79 Å². The van der Waals surface area contributed by atoms with Gasteiger partial charge in [-0.2, -0.15) is 5.10 Å². The monoisotopic (exact) mass is 237 g/mol. The van der Waals surface area contributed by atoms with E-state index in [1.165, 1.54) is 0 Å². The second-order valence-corrected chi connectivity index (χ2v) is 5.26. The van der Waals surface area contributed by atoms with Crippen LogP contribution in [0.5, 0.6) is 0 Å². The lowest BCUT2D eigenvalue weighted by Gasteiger charge is -2.10. The van der Waals surface area contributed by atoms with Gasteiger partial charge in [0.25, 0.3) is 5.56 Å². The van der Waals surface area contributed by atoms with Crippen LogP contribution in [0.1, 0.15) is 33.4 Å². The van der Waals surface area contributed by atoms with Gasteiger partial charge in [-0.05, 0) is 24.4 Å². The third-order valence-corrected chi connectivity index (χ3v) is 2.32. The molecule has 0 spiro atoms. The molecule has 4 heteroatoms. The first-order valence-corrected chi connectivity index (χ1v) is 6.26. The minimum atomic E-state index is -0.0219. The number of aromatic nitrogens is 2. The van der Waals surface area contributed by atoms with Crippen LogP contribution in [0.2, 0.25) is 0 Å². The van der Waals surface area contributed by atoms with Gasteiger partial charge in [0.05, 0.1) is 5.69 Å². The highest BCUT2D eigenvalue weighted by molar-refractivity contribution is 5.00. The highest BCUT2D eigenvalue weighted by Gasteiger charge is 2.03. The van der Waals surface area contributed by atoms with Gasteiger partial charge >= 0.3 is 0 Å². The largest absolute Gasteiger partial charge is 0.311 e. The molecule has 1 aromatic heterocycles. The Morgan fingerprint density at radius 2 is 1.94 bits per heavy atom. The second-order valence-electron chi connectivity index (χ2n) is 5.26. The average molecular weight is 237 g/mol. The zero-order chi connectivity index (χ0) is 12.8. The average Bonchev–Trinajstić information content (AvgIpc) is 2.21. The van der Waals surface area contributed by atoms with E-state index >= 15 is 0 Å². The van der Waals surface area contributed by atoms with Crippen molar-refractivity contribution in [2.24, 2.45) is 11.8 Å². The minimum Gasteiger partial charge on any atom is -0.311 e. The molecule has 0 radical (unpaired) electrons. The fourth-order valence-corrected chi connectivity index (χ4v) is 1.55. The molecule has 0 unspecified atom stereocenters. The molecular formula is C13H23N3O. The van der Waals surface area contributed by atoms with E-state index in [2.05, 4.69) is 38.1 Å². The Hall–Kier alpha value is -1.16. The number of hydrogen-bond acceptors (Lipinski definition) is 3. The zero-order valence-corrected chi connectivity index (χ0v) is 11.2. The Morgan fingerprint density at radius 3 is 2.53 bits per heavy atom. The maximum atomic E-state index is 11.6. The highest BCUT2D eigenvalue weighted by Crippen LogP contribution is 1.97. The van der Waals surface area contributed by atoms with Crippen molar-refractivity contribution >= 4 is 0 Å². The molecule has 4 nitrogen and oxygen atoms in total. The summed E-state index contributed by atoms with van der Waals surface area (Å²) < 4.78 is 1.55. The topological polar surface area (TPSA) is 46.9 Å². The van der Waals surface area contributed by atoms with Gasteiger partial charge in [0, 0.05) is 19.2 Å². The Morgan fingerprint density at radius 1 is 1.24 bits per heavy atom. The summed E-state index contributed by atoms with van der Waals surface area (Å²) in [6.45, 7) is 10.9. The number of nitrogens with one attached hydrogen (secondary N) is 1. The normalized spacial score (nSPS) is 11.4. The van der Waals surface area contributed by atoms with Crippen LogP contribution in [0.4, 0.5) is 0 Å². The van der Waals surface area contributed by atoms with Crippen molar-refractivity contribution in [1.29, 1.82) is 0 Å². The van der Waals surface area contributed by atoms with E-state index in [0.29, 0.717) is 18.4 Å². The summed E-state index contributed by atoms with van der Waals surface area (Å²) in [5.41, 5.74) is 0.900. The molecule has 96 valence electrons. The number of rotatable bonds is 6. The fraction of sp³-hybridized carbons (Fsp3) is 0.692. The summed E-state index contributed by atoms with van der Waals surface area (Å²) in [5.74, 6) is 1.05. The van der Waals surface area contributed by atoms with Crippen molar-refractivity contribution in [2.45, 2.75) is 40.8 Å². The Labute approximate surface area is 103 Å². The van der Waals surface area contributed by atoms with Crippen molar-refractivity contribution in [2.75, 3.05) is 6.54 Å².